The molecule has 1 unspecified atom stereocenters. The Morgan fingerprint density at radius 3 is 2.61 bits per heavy atom. The highest BCUT2D eigenvalue weighted by atomic mass is 35.5. The molecule has 1 saturated carbocycles. The van der Waals surface area contributed by atoms with Crippen LogP contribution in [0, 0.1) is 0 Å². The van der Waals surface area contributed by atoms with E-state index < -0.39 is 0 Å². The van der Waals surface area contributed by atoms with Crippen LogP contribution in [0.4, 0.5) is 0 Å². The number of benzene rings is 2. The van der Waals surface area contributed by atoms with Crippen LogP contribution in [0.25, 0.3) is 17.5 Å². The zero-order chi connectivity index (χ0) is 22.9. The van der Waals surface area contributed by atoms with Gasteiger partial charge in [0.15, 0.2) is 0 Å². The molecule has 2 amide bonds. The van der Waals surface area contributed by atoms with Crippen molar-refractivity contribution in [2.75, 3.05) is 0 Å². The van der Waals surface area contributed by atoms with E-state index in [4.69, 9.17) is 16.0 Å². The van der Waals surface area contributed by atoms with Gasteiger partial charge < -0.3 is 14.2 Å². The summed E-state index contributed by atoms with van der Waals surface area (Å²) in [6, 6.07) is 14.8. The quantitative estimate of drug-likeness (QED) is 0.523. The molecule has 1 fully saturated rings. The molecule has 2 heterocycles. The highest BCUT2D eigenvalue weighted by Crippen LogP contribution is 2.36. The summed E-state index contributed by atoms with van der Waals surface area (Å²) in [5.41, 5.74) is 2.77. The third-order valence-corrected chi connectivity index (χ3v) is 6.26. The normalized spacial score (nSPS) is 17.0. The summed E-state index contributed by atoms with van der Waals surface area (Å²) in [5.74, 6) is 0.637. The Kier molecular flexibility index (Phi) is 5.72. The molecule has 2 aromatic carbocycles. The first-order valence-electron chi connectivity index (χ1n) is 10.9. The number of fused-ring (bicyclic) bond motifs is 1. The van der Waals surface area contributed by atoms with Crippen molar-refractivity contribution < 1.29 is 14.0 Å². The molecule has 0 spiro atoms. The minimum atomic E-state index is -0.343. The molecule has 1 aromatic heterocycles. The lowest BCUT2D eigenvalue weighted by Crippen LogP contribution is -2.38. The predicted octanol–water partition coefficient (Wildman–Crippen LogP) is 4.85. The molecule has 0 saturated heterocycles. The van der Waals surface area contributed by atoms with Crippen LogP contribution >= 0.6 is 11.6 Å². The molecule has 1 atom stereocenters. The third-order valence-electron chi connectivity index (χ3n) is 6.01. The number of rotatable bonds is 6. The standard InChI is InChI=1S/C25H23ClN4O3/c1-16(31)29-13-12-17-4-2-3-5-21(17)22(29)14-24(32)30(20-10-11-20)15-23-27-28-25(33-23)18-6-8-19(26)9-7-18/h2-9,12-13,20,22H,10-11,14-15H2,1H3. The maximum Gasteiger partial charge on any atom is 0.247 e. The lowest BCUT2D eigenvalue weighted by molar-refractivity contribution is -0.135. The van der Waals surface area contributed by atoms with Crippen molar-refractivity contribution in [3.63, 3.8) is 0 Å². The number of nitrogens with zero attached hydrogens (tertiary/aromatic N) is 4. The Hall–Kier alpha value is -3.45. The molecule has 8 heteroatoms. The number of carbonyl (C=O) groups is 2. The molecule has 168 valence electrons. The van der Waals surface area contributed by atoms with E-state index in [1.807, 2.05) is 42.5 Å². The fourth-order valence-electron chi connectivity index (χ4n) is 4.18. The second-order valence-electron chi connectivity index (χ2n) is 8.35. The first-order chi connectivity index (χ1) is 16.0. The lowest BCUT2D eigenvalue weighted by atomic mass is 9.93. The number of aromatic nitrogens is 2. The van der Waals surface area contributed by atoms with E-state index in [0.29, 0.717) is 16.8 Å². The Bertz CT molecular complexity index is 1220. The van der Waals surface area contributed by atoms with Gasteiger partial charge in [0.2, 0.25) is 23.6 Å². The van der Waals surface area contributed by atoms with E-state index in [1.165, 1.54) is 6.92 Å². The summed E-state index contributed by atoms with van der Waals surface area (Å²) in [6.45, 7) is 1.76. The van der Waals surface area contributed by atoms with Gasteiger partial charge in [-0.2, -0.15) is 0 Å². The molecular formula is C25H23ClN4O3. The molecule has 1 aliphatic carbocycles. The van der Waals surface area contributed by atoms with E-state index in [0.717, 1.165) is 29.5 Å². The molecule has 0 N–H and O–H groups in total. The van der Waals surface area contributed by atoms with Crippen LogP contribution in [-0.4, -0.2) is 37.9 Å². The van der Waals surface area contributed by atoms with Crippen LogP contribution < -0.4 is 0 Å². The van der Waals surface area contributed by atoms with Gasteiger partial charge in [-0.3, -0.25) is 9.59 Å². The molecule has 3 aromatic rings. The van der Waals surface area contributed by atoms with Crippen molar-refractivity contribution in [2.45, 2.75) is 44.8 Å². The van der Waals surface area contributed by atoms with Crippen molar-refractivity contribution >= 4 is 29.5 Å². The first kappa shape index (κ1) is 21.4. The summed E-state index contributed by atoms with van der Waals surface area (Å²) in [5, 5.41) is 8.91. The minimum Gasteiger partial charge on any atom is -0.419 e. The van der Waals surface area contributed by atoms with Crippen LogP contribution in [0.3, 0.4) is 0 Å². The van der Waals surface area contributed by atoms with Crippen LogP contribution in [0.5, 0.6) is 0 Å². The van der Waals surface area contributed by atoms with Crippen LogP contribution in [0.1, 0.15) is 49.2 Å². The molecule has 0 radical (unpaired) electrons. The maximum atomic E-state index is 13.4. The van der Waals surface area contributed by atoms with Crippen LogP contribution in [0.15, 0.2) is 59.1 Å². The molecule has 33 heavy (non-hydrogen) atoms. The van der Waals surface area contributed by atoms with Gasteiger partial charge in [0.1, 0.15) is 0 Å². The fourth-order valence-corrected chi connectivity index (χ4v) is 4.30. The van der Waals surface area contributed by atoms with Crippen LogP contribution in [0.2, 0.25) is 5.02 Å². The molecule has 7 nitrogen and oxygen atoms in total. The molecule has 2 aliphatic rings. The number of hydrogen-bond acceptors (Lipinski definition) is 5. The van der Waals surface area contributed by atoms with Gasteiger partial charge in [0, 0.05) is 29.8 Å². The molecular weight excluding hydrogens is 440 g/mol. The first-order valence-corrected chi connectivity index (χ1v) is 11.3. The maximum absolute atomic E-state index is 13.4. The van der Waals surface area contributed by atoms with Crippen molar-refractivity contribution in [3.8, 4) is 11.5 Å². The van der Waals surface area contributed by atoms with Gasteiger partial charge in [-0.25, -0.2) is 0 Å². The second-order valence-corrected chi connectivity index (χ2v) is 8.79. The van der Waals surface area contributed by atoms with Gasteiger partial charge in [-0.15, -0.1) is 10.2 Å². The smallest absolute Gasteiger partial charge is 0.247 e. The average molecular weight is 463 g/mol. The van der Waals surface area contributed by atoms with Gasteiger partial charge in [-0.05, 0) is 54.3 Å². The summed E-state index contributed by atoms with van der Waals surface area (Å²) < 4.78 is 5.84. The van der Waals surface area contributed by atoms with E-state index in [9.17, 15) is 9.59 Å². The monoisotopic (exact) mass is 462 g/mol. The van der Waals surface area contributed by atoms with E-state index in [2.05, 4.69) is 10.2 Å². The predicted molar refractivity (Wildman–Crippen MR) is 124 cm³/mol. The number of amides is 2. The van der Waals surface area contributed by atoms with E-state index in [-0.39, 0.29) is 36.9 Å². The van der Waals surface area contributed by atoms with Crippen molar-refractivity contribution in [1.29, 1.82) is 0 Å². The summed E-state index contributed by atoms with van der Waals surface area (Å²) in [6.07, 6.45) is 5.76. The minimum absolute atomic E-state index is 0.0369. The number of halogens is 1. The average Bonchev–Trinajstić information content (AvgIpc) is 3.55. The Labute approximate surface area is 196 Å². The van der Waals surface area contributed by atoms with Gasteiger partial charge in [-0.1, -0.05) is 35.9 Å². The zero-order valence-corrected chi connectivity index (χ0v) is 18.9. The second kappa shape index (κ2) is 8.83. The van der Waals surface area contributed by atoms with Crippen molar-refractivity contribution in [1.82, 2.24) is 20.0 Å². The fraction of sp³-hybridized carbons (Fsp3) is 0.280. The van der Waals surface area contributed by atoms with Gasteiger partial charge in [0.25, 0.3) is 0 Å². The third kappa shape index (κ3) is 4.54. The van der Waals surface area contributed by atoms with E-state index in [1.54, 1.807) is 28.1 Å². The topological polar surface area (TPSA) is 79.5 Å². The summed E-state index contributed by atoms with van der Waals surface area (Å²) in [7, 11) is 0. The Morgan fingerprint density at radius 1 is 1.12 bits per heavy atom. The highest BCUT2D eigenvalue weighted by Gasteiger charge is 2.37. The Morgan fingerprint density at radius 2 is 1.88 bits per heavy atom. The lowest BCUT2D eigenvalue weighted by Gasteiger charge is -2.33. The highest BCUT2D eigenvalue weighted by molar-refractivity contribution is 6.30. The number of carbonyl (C=O) groups excluding carboxylic acids is 2. The largest absolute Gasteiger partial charge is 0.419 e. The summed E-state index contributed by atoms with van der Waals surface area (Å²) in [4.78, 5) is 29.2. The van der Waals surface area contributed by atoms with Crippen molar-refractivity contribution in [3.05, 3.63) is 76.8 Å². The van der Waals surface area contributed by atoms with Crippen LogP contribution in [-0.2, 0) is 16.1 Å². The zero-order valence-electron chi connectivity index (χ0n) is 18.1. The summed E-state index contributed by atoms with van der Waals surface area (Å²) >= 11 is 5.95. The Balaban J connectivity index is 1.35. The van der Waals surface area contributed by atoms with Crippen molar-refractivity contribution in [2.24, 2.45) is 0 Å². The SMILES string of the molecule is CC(=O)N1C=Cc2ccccc2C1CC(=O)N(Cc1nnc(-c2ccc(Cl)cc2)o1)C1CC1. The molecule has 1 aliphatic heterocycles. The number of hydrogen-bond donors (Lipinski definition) is 0. The van der Waals surface area contributed by atoms with Gasteiger partial charge in [0.05, 0.1) is 19.0 Å². The van der Waals surface area contributed by atoms with E-state index >= 15 is 0 Å². The molecule has 5 rings (SSSR count). The molecule has 0 bridgehead atoms. The van der Waals surface area contributed by atoms with Gasteiger partial charge >= 0.3 is 0 Å².